The molecule has 0 spiro atoms. The van der Waals surface area contributed by atoms with Crippen molar-refractivity contribution < 1.29 is 9.53 Å². The number of ether oxygens (including phenoxy) is 1. The van der Waals surface area contributed by atoms with Crippen LogP contribution in [0.5, 0.6) is 5.75 Å². The highest BCUT2D eigenvalue weighted by molar-refractivity contribution is 5.76. The van der Waals surface area contributed by atoms with Gasteiger partial charge in [0.05, 0.1) is 13.0 Å². The van der Waals surface area contributed by atoms with Gasteiger partial charge in [0.1, 0.15) is 5.75 Å². The summed E-state index contributed by atoms with van der Waals surface area (Å²) >= 11 is 0. The average Bonchev–Trinajstić information content (AvgIpc) is 2.94. The van der Waals surface area contributed by atoms with Crippen molar-refractivity contribution in [3.05, 3.63) is 29.8 Å². The standard InChI is InChI=1S/C17H24N2O2/c1-13-3-2-4-15(11-13)21-10-7-17(20)19-9-6-16-14(12-19)5-8-18-16/h2-4,11,14,16,18H,5-10,12H2,1H3. The molecule has 4 nitrogen and oxygen atoms in total. The Labute approximate surface area is 126 Å². The summed E-state index contributed by atoms with van der Waals surface area (Å²) in [5, 5.41) is 3.53. The molecule has 1 aromatic rings. The van der Waals surface area contributed by atoms with Gasteiger partial charge in [-0.1, -0.05) is 12.1 Å². The molecule has 21 heavy (non-hydrogen) atoms. The number of amides is 1. The molecule has 2 unspecified atom stereocenters. The van der Waals surface area contributed by atoms with Crippen molar-refractivity contribution >= 4 is 5.91 Å². The monoisotopic (exact) mass is 288 g/mol. The van der Waals surface area contributed by atoms with Gasteiger partial charge in [-0.2, -0.15) is 0 Å². The molecule has 4 heteroatoms. The fraction of sp³-hybridized carbons (Fsp3) is 0.588. The molecule has 1 aromatic carbocycles. The second kappa shape index (κ2) is 6.48. The van der Waals surface area contributed by atoms with Crippen molar-refractivity contribution in [3.63, 3.8) is 0 Å². The Morgan fingerprint density at radius 2 is 2.33 bits per heavy atom. The molecule has 1 N–H and O–H groups in total. The number of benzene rings is 1. The minimum absolute atomic E-state index is 0.230. The summed E-state index contributed by atoms with van der Waals surface area (Å²) in [7, 11) is 0. The van der Waals surface area contributed by atoms with E-state index in [1.807, 2.05) is 36.1 Å². The second-order valence-electron chi connectivity index (χ2n) is 6.15. The van der Waals surface area contributed by atoms with Crippen molar-refractivity contribution in [1.29, 1.82) is 0 Å². The SMILES string of the molecule is Cc1cccc(OCCC(=O)N2CCC3NCCC3C2)c1. The first kappa shape index (κ1) is 14.4. The Balaban J connectivity index is 1.44. The van der Waals surface area contributed by atoms with Gasteiger partial charge >= 0.3 is 0 Å². The lowest BCUT2D eigenvalue weighted by Crippen LogP contribution is -2.47. The van der Waals surface area contributed by atoms with Gasteiger partial charge in [-0.15, -0.1) is 0 Å². The van der Waals surface area contributed by atoms with Crippen LogP contribution in [0, 0.1) is 12.8 Å². The Morgan fingerprint density at radius 1 is 1.43 bits per heavy atom. The van der Waals surface area contributed by atoms with Crippen molar-refractivity contribution in [3.8, 4) is 5.75 Å². The predicted octanol–water partition coefficient (Wildman–Crippen LogP) is 1.97. The summed E-state index contributed by atoms with van der Waals surface area (Å²) in [6, 6.07) is 8.59. The largest absolute Gasteiger partial charge is 0.493 e. The van der Waals surface area contributed by atoms with Gasteiger partial charge in [-0.05, 0) is 49.9 Å². The highest BCUT2D eigenvalue weighted by Crippen LogP contribution is 2.24. The molecule has 1 amide bonds. The molecule has 114 valence electrons. The Kier molecular flexibility index (Phi) is 4.44. The van der Waals surface area contributed by atoms with Gasteiger partial charge in [-0.3, -0.25) is 4.79 Å². The molecule has 0 radical (unpaired) electrons. The zero-order chi connectivity index (χ0) is 14.7. The van der Waals surface area contributed by atoms with Gasteiger partial charge < -0.3 is 15.0 Å². The van der Waals surface area contributed by atoms with E-state index < -0.39 is 0 Å². The normalized spacial score (nSPS) is 24.7. The third-order valence-corrected chi connectivity index (χ3v) is 4.58. The summed E-state index contributed by atoms with van der Waals surface area (Å²) < 4.78 is 5.68. The van der Waals surface area contributed by atoms with Crippen LogP contribution in [0.2, 0.25) is 0 Å². The van der Waals surface area contributed by atoms with Crippen LogP contribution in [0.15, 0.2) is 24.3 Å². The molecule has 0 aromatic heterocycles. The summed E-state index contributed by atoms with van der Waals surface area (Å²) in [6.07, 6.45) is 2.77. The topological polar surface area (TPSA) is 41.6 Å². The van der Waals surface area contributed by atoms with E-state index in [0.717, 1.165) is 31.8 Å². The van der Waals surface area contributed by atoms with Crippen molar-refractivity contribution in [2.24, 2.45) is 5.92 Å². The second-order valence-corrected chi connectivity index (χ2v) is 6.15. The number of rotatable bonds is 4. The number of hydrogen-bond donors (Lipinski definition) is 1. The van der Waals surface area contributed by atoms with Crippen LogP contribution >= 0.6 is 0 Å². The molecule has 0 aliphatic carbocycles. The highest BCUT2D eigenvalue weighted by atomic mass is 16.5. The zero-order valence-corrected chi connectivity index (χ0v) is 12.7. The van der Waals surface area contributed by atoms with Crippen molar-refractivity contribution in [1.82, 2.24) is 10.2 Å². The number of piperidine rings is 1. The fourth-order valence-electron chi connectivity index (χ4n) is 3.39. The number of fused-ring (bicyclic) bond motifs is 1. The van der Waals surface area contributed by atoms with E-state index in [4.69, 9.17) is 4.74 Å². The van der Waals surface area contributed by atoms with E-state index in [1.54, 1.807) is 0 Å². The Bertz CT molecular complexity index is 503. The smallest absolute Gasteiger partial charge is 0.226 e. The minimum Gasteiger partial charge on any atom is -0.493 e. The molecule has 2 saturated heterocycles. The van der Waals surface area contributed by atoms with E-state index in [-0.39, 0.29) is 5.91 Å². The maximum Gasteiger partial charge on any atom is 0.226 e. The first-order valence-corrected chi connectivity index (χ1v) is 7.93. The van der Waals surface area contributed by atoms with E-state index in [9.17, 15) is 4.79 Å². The molecule has 2 aliphatic heterocycles. The van der Waals surface area contributed by atoms with Gasteiger partial charge in [0.15, 0.2) is 0 Å². The maximum absolute atomic E-state index is 12.3. The summed E-state index contributed by atoms with van der Waals surface area (Å²) in [6.45, 7) is 5.41. The maximum atomic E-state index is 12.3. The first-order valence-electron chi connectivity index (χ1n) is 7.93. The molecular weight excluding hydrogens is 264 g/mol. The first-order chi connectivity index (χ1) is 10.2. The third-order valence-electron chi connectivity index (χ3n) is 4.58. The van der Waals surface area contributed by atoms with Crippen molar-refractivity contribution in [2.75, 3.05) is 26.2 Å². The molecule has 3 rings (SSSR count). The summed E-state index contributed by atoms with van der Waals surface area (Å²) in [4.78, 5) is 14.3. The van der Waals surface area contributed by atoms with Crippen LogP contribution in [-0.4, -0.2) is 43.1 Å². The van der Waals surface area contributed by atoms with Crippen molar-refractivity contribution in [2.45, 2.75) is 32.2 Å². The van der Waals surface area contributed by atoms with E-state index in [0.29, 0.717) is 25.0 Å². The van der Waals surface area contributed by atoms with Gasteiger partial charge in [0, 0.05) is 19.1 Å². The minimum atomic E-state index is 0.230. The Hall–Kier alpha value is -1.55. The van der Waals surface area contributed by atoms with Crippen LogP contribution in [-0.2, 0) is 4.79 Å². The van der Waals surface area contributed by atoms with Crippen LogP contribution in [0.4, 0.5) is 0 Å². The number of carbonyl (C=O) groups is 1. The molecular formula is C17H24N2O2. The van der Waals surface area contributed by atoms with Crippen LogP contribution in [0.25, 0.3) is 0 Å². The molecule has 2 heterocycles. The lowest BCUT2D eigenvalue weighted by atomic mass is 9.93. The van der Waals surface area contributed by atoms with E-state index >= 15 is 0 Å². The molecule has 2 aliphatic rings. The van der Waals surface area contributed by atoms with E-state index in [2.05, 4.69) is 5.32 Å². The van der Waals surface area contributed by atoms with Gasteiger partial charge in [0.25, 0.3) is 0 Å². The van der Waals surface area contributed by atoms with Crippen LogP contribution < -0.4 is 10.1 Å². The molecule has 2 atom stereocenters. The number of carbonyl (C=O) groups excluding carboxylic acids is 1. The number of hydrogen-bond acceptors (Lipinski definition) is 3. The summed E-state index contributed by atoms with van der Waals surface area (Å²) in [5.41, 5.74) is 1.18. The Morgan fingerprint density at radius 3 is 3.19 bits per heavy atom. The van der Waals surface area contributed by atoms with Gasteiger partial charge in [-0.25, -0.2) is 0 Å². The lowest BCUT2D eigenvalue weighted by Gasteiger charge is -2.34. The van der Waals surface area contributed by atoms with Gasteiger partial charge in [0.2, 0.25) is 5.91 Å². The van der Waals surface area contributed by atoms with Crippen LogP contribution in [0.1, 0.15) is 24.8 Å². The molecule has 0 saturated carbocycles. The fourth-order valence-corrected chi connectivity index (χ4v) is 3.39. The summed E-state index contributed by atoms with van der Waals surface area (Å²) in [5.74, 6) is 1.73. The highest BCUT2D eigenvalue weighted by Gasteiger charge is 2.33. The number of nitrogens with zero attached hydrogens (tertiary/aromatic N) is 1. The third kappa shape index (κ3) is 3.56. The number of nitrogens with one attached hydrogen (secondary N) is 1. The lowest BCUT2D eigenvalue weighted by molar-refractivity contribution is -0.133. The molecule has 2 fully saturated rings. The molecule has 0 bridgehead atoms. The number of aryl methyl sites for hydroxylation is 1. The number of likely N-dealkylation sites (tertiary alicyclic amines) is 1. The predicted molar refractivity (Wildman–Crippen MR) is 82.4 cm³/mol. The van der Waals surface area contributed by atoms with E-state index in [1.165, 1.54) is 12.0 Å². The average molecular weight is 288 g/mol. The van der Waals surface area contributed by atoms with Crippen LogP contribution in [0.3, 0.4) is 0 Å². The quantitative estimate of drug-likeness (QED) is 0.921. The zero-order valence-electron chi connectivity index (χ0n) is 12.7.